The molecule has 0 amide bonds. The van der Waals surface area contributed by atoms with Crippen LogP contribution in [0.15, 0.2) is 57.7 Å². The number of furan rings is 1. The molecule has 96 valence electrons. The van der Waals surface area contributed by atoms with Crippen LogP contribution < -0.4 is 11.3 Å². The minimum absolute atomic E-state index is 0.197. The third-order valence-electron chi connectivity index (χ3n) is 3.01. The topological polar surface area (TPSA) is 64.1 Å². The third kappa shape index (κ3) is 2.40. The van der Waals surface area contributed by atoms with Gasteiger partial charge >= 0.3 is 0 Å². The molecule has 0 aliphatic heterocycles. The van der Waals surface area contributed by atoms with Crippen LogP contribution in [0.5, 0.6) is 0 Å². The van der Waals surface area contributed by atoms with Crippen molar-refractivity contribution in [1.82, 2.24) is 10.4 Å². The van der Waals surface area contributed by atoms with Gasteiger partial charge in [0, 0.05) is 11.6 Å². The van der Waals surface area contributed by atoms with Crippen molar-refractivity contribution in [3.05, 3.63) is 64.7 Å². The zero-order chi connectivity index (χ0) is 13.2. The molecule has 5 heteroatoms. The van der Waals surface area contributed by atoms with Crippen LogP contribution in [0.25, 0.3) is 10.9 Å². The fraction of sp³-hybridized carbons (Fsp3) is 0.0714. The van der Waals surface area contributed by atoms with Gasteiger partial charge in [-0.15, -0.1) is 0 Å². The molecule has 0 spiro atoms. The maximum absolute atomic E-state index is 5.64. The molecule has 0 fully saturated rings. The Labute approximate surface area is 118 Å². The van der Waals surface area contributed by atoms with Crippen LogP contribution in [-0.2, 0) is 0 Å². The lowest BCUT2D eigenvalue weighted by atomic mass is 10.0. The van der Waals surface area contributed by atoms with E-state index in [9.17, 15) is 0 Å². The molecule has 4 nitrogen and oxygen atoms in total. The van der Waals surface area contributed by atoms with Gasteiger partial charge in [-0.2, -0.15) is 0 Å². The zero-order valence-corrected chi connectivity index (χ0v) is 11.6. The van der Waals surface area contributed by atoms with Gasteiger partial charge in [0.15, 0.2) is 4.67 Å². The summed E-state index contributed by atoms with van der Waals surface area (Å²) in [6.45, 7) is 0. The zero-order valence-electron chi connectivity index (χ0n) is 10.0. The number of hydrazine groups is 1. The van der Waals surface area contributed by atoms with Gasteiger partial charge in [-0.3, -0.25) is 10.8 Å². The highest BCUT2D eigenvalue weighted by Crippen LogP contribution is 2.27. The van der Waals surface area contributed by atoms with Gasteiger partial charge in [-0.05, 0) is 45.8 Å². The van der Waals surface area contributed by atoms with E-state index in [1.165, 1.54) is 0 Å². The maximum Gasteiger partial charge on any atom is 0.169 e. The van der Waals surface area contributed by atoms with Crippen molar-refractivity contribution in [2.75, 3.05) is 0 Å². The van der Waals surface area contributed by atoms with Crippen LogP contribution in [0.4, 0.5) is 0 Å². The summed E-state index contributed by atoms with van der Waals surface area (Å²) in [6, 6.07) is 13.5. The summed E-state index contributed by atoms with van der Waals surface area (Å²) in [5, 5.41) is 1.10. The molecule has 0 aliphatic rings. The first-order chi connectivity index (χ1) is 9.28. The molecular formula is C14H12BrN3O. The molecule has 2 heterocycles. The van der Waals surface area contributed by atoms with E-state index < -0.39 is 0 Å². The molecule has 1 aromatic carbocycles. The SMILES string of the molecule is NNC(c1ccc2cccnc2c1)c1ccc(Br)o1. The molecule has 3 N–H and O–H groups in total. The number of benzene rings is 1. The summed E-state index contributed by atoms with van der Waals surface area (Å²) in [5.74, 6) is 6.40. The first kappa shape index (κ1) is 12.3. The summed E-state index contributed by atoms with van der Waals surface area (Å²) in [5.41, 5.74) is 4.72. The molecule has 0 saturated heterocycles. The minimum Gasteiger partial charge on any atom is -0.452 e. The van der Waals surface area contributed by atoms with Crippen molar-refractivity contribution in [2.24, 2.45) is 5.84 Å². The smallest absolute Gasteiger partial charge is 0.169 e. The van der Waals surface area contributed by atoms with E-state index in [0.29, 0.717) is 4.67 Å². The Bertz CT molecular complexity index is 710. The number of halogens is 1. The second-order valence-electron chi connectivity index (χ2n) is 4.20. The van der Waals surface area contributed by atoms with E-state index in [4.69, 9.17) is 10.3 Å². The molecule has 1 unspecified atom stereocenters. The van der Waals surface area contributed by atoms with E-state index in [-0.39, 0.29) is 6.04 Å². The van der Waals surface area contributed by atoms with Gasteiger partial charge in [0.2, 0.25) is 0 Å². The lowest BCUT2D eigenvalue weighted by Crippen LogP contribution is -2.28. The fourth-order valence-corrected chi connectivity index (χ4v) is 2.41. The highest BCUT2D eigenvalue weighted by Gasteiger charge is 2.16. The number of fused-ring (bicyclic) bond motifs is 1. The molecule has 0 aliphatic carbocycles. The van der Waals surface area contributed by atoms with Gasteiger partial charge in [-0.1, -0.05) is 18.2 Å². The van der Waals surface area contributed by atoms with E-state index in [2.05, 4.69) is 26.3 Å². The monoisotopic (exact) mass is 317 g/mol. The number of hydrogen-bond acceptors (Lipinski definition) is 4. The minimum atomic E-state index is -0.197. The number of nitrogens with zero attached hydrogens (tertiary/aromatic N) is 1. The number of hydrogen-bond donors (Lipinski definition) is 2. The predicted molar refractivity (Wildman–Crippen MR) is 77.3 cm³/mol. The Hall–Kier alpha value is -1.69. The van der Waals surface area contributed by atoms with Crippen molar-refractivity contribution in [1.29, 1.82) is 0 Å². The average Bonchev–Trinajstić information content (AvgIpc) is 2.86. The summed E-state index contributed by atoms with van der Waals surface area (Å²) in [6.07, 6.45) is 1.78. The maximum atomic E-state index is 5.64. The quantitative estimate of drug-likeness (QED) is 0.575. The highest BCUT2D eigenvalue weighted by atomic mass is 79.9. The Morgan fingerprint density at radius 1 is 1.21 bits per heavy atom. The second kappa shape index (κ2) is 5.13. The lowest BCUT2D eigenvalue weighted by molar-refractivity contribution is 0.437. The third-order valence-corrected chi connectivity index (χ3v) is 3.43. The fourth-order valence-electron chi connectivity index (χ4n) is 2.09. The molecule has 3 aromatic rings. The standard InChI is InChI=1S/C14H12BrN3O/c15-13-6-5-12(19-13)14(18-16)10-4-3-9-2-1-7-17-11(9)8-10/h1-8,14,18H,16H2. The summed E-state index contributed by atoms with van der Waals surface area (Å²) < 4.78 is 6.24. The summed E-state index contributed by atoms with van der Waals surface area (Å²) >= 11 is 3.29. The van der Waals surface area contributed by atoms with Crippen molar-refractivity contribution >= 4 is 26.8 Å². The molecule has 0 saturated carbocycles. The first-order valence-corrected chi connectivity index (χ1v) is 6.63. The number of nitrogens with two attached hydrogens (primary N) is 1. The summed E-state index contributed by atoms with van der Waals surface area (Å²) in [7, 11) is 0. The van der Waals surface area contributed by atoms with E-state index in [1.54, 1.807) is 6.20 Å². The lowest BCUT2D eigenvalue weighted by Gasteiger charge is -2.14. The van der Waals surface area contributed by atoms with Crippen LogP contribution in [-0.4, -0.2) is 4.98 Å². The van der Waals surface area contributed by atoms with Crippen molar-refractivity contribution < 1.29 is 4.42 Å². The summed E-state index contributed by atoms with van der Waals surface area (Å²) in [4.78, 5) is 4.35. The Kier molecular flexibility index (Phi) is 3.33. The number of nitrogens with one attached hydrogen (secondary N) is 1. The van der Waals surface area contributed by atoms with Crippen molar-refractivity contribution in [2.45, 2.75) is 6.04 Å². The molecule has 19 heavy (non-hydrogen) atoms. The van der Waals surface area contributed by atoms with E-state index >= 15 is 0 Å². The number of aromatic nitrogens is 1. The predicted octanol–water partition coefficient (Wildman–Crippen LogP) is 3.14. The van der Waals surface area contributed by atoms with Crippen molar-refractivity contribution in [3.8, 4) is 0 Å². The van der Waals surface area contributed by atoms with Crippen molar-refractivity contribution in [3.63, 3.8) is 0 Å². The Morgan fingerprint density at radius 2 is 2.11 bits per heavy atom. The van der Waals surface area contributed by atoms with Crippen LogP contribution in [0.2, 0.25) is 0 Å². The average molecular weight is 318 g/mol. The largest absolute Gasteiger partial charge is 0.452 e. The molecule has 1 atom stereocenters. The van der Waals surface area contributed by atoms with Crippen LogP contribution in [0, 0.1) is 0 Å². The normalized spacial score (nSPS) is 12.7. The van der Waals surface area contributed by atoms with Crippen LogP contribution in [0.3, 0.4) is 0 Å². The van der Waals surface area contributed by atoms with Gasteiger partial charge in [0.05, 0.1) is 5.52 Å². The van der Waals surface area contributed by atoms with Gasteiger partial charge in [-0.25, -0.2) is 5.43 Å². The molecule has 0 radical (unpaired) electrons. The van der Waals surface area contributed by atoms with Gasteiger partial charge < -0.3 is 4.42 Å². The number of pyridine rings is 1. The van der Waals surface area contributed by atoms with Crippen LogP contribution in [0.1, 0.15) is 17.4 Å². The molecule has 3 rings (SSSR count). The molecular weight excluding hydrogens is 306 g/mol. The van der Waals surface area contributed by atoms with Gasteiger partial charge in [0.25, 0.3) is 0 Å². The molecule has 0 bridgehead atoms. The van der Waals surface area contributed by atoms with Gasteiger partial charge in [0.1, 0.15) is 11.8 Å². The number of rotatable bonds is 3. The molecule has 2 aromatic heterocycles. The Morgan fingerprint density at radius 3 is 2.84 bits per heavy atom. The van der Waals surface area contributed by atoms with Crippen LogP contribution >= 0.6 is 15.9 Å². The van der Waals surface area contributed by atoms with E-state index in [0.717, 1.165) is 22.2 Å². The highest BCUT2D eigenvalue weighted by molar-refractivity contribution is 9.10. The van der Waals surface area contributed by atoms with E-state index in [1.807, 2.05) is 42.5 Å². The Balaban J connectivity index is 2.06. The first-order valence-electron chi connectivity index (χ1n) is 5.84. The second-order valence-corrected chi connectivity index (χ2v) is 4.98.